The second-order valence-corrected chi connectivity index (χ2v) is 7.43. The monoisotopic (exact) mass is 444 g/mol. The van der Waals surface area contributed by atoms with Crippen LogP contribution in [-0.4, -0.2) is 53.2 Å². The topological polar surface area (TPSA) is 124 Å². The van der Waals surface area contributed by atoms with Crippen LogP contribution < -0.4 is 10.2 Å². The molecule has 2 amide bonds. The predicted molar refractivity (Wildman–Crippen MR) is 102 cm³/mol. The van der Waals surface area contributed by atoms with Gasteiger partial charge in [0.1, 0.15) is 0 Å². The van der Waals surface area contributed by atoms with Gasteiger partial charge in [-0.15, -0.1) is 0 Å². The van der Waals surface area contributed by atoms with Gasteiger partial charge in [-0.2, -0.15) is 13.2 Å². The van der Waals surface area contributed by atoms with E-state index in [0.29, 0.717) is 12.8 Å². The maximum Gasteiger partial charge on any atom is 0.490 e. The Bertz CT molecular complexity index is 817. The number of benzene rings is 1. The number of imide groups is 1. The first-order chi connectivity index (χ1) is 14.5. The van der Waals surface area contributed by atoms with Gasteiger partial charge in [-0.1, -0.05) is 12.1 Å². The number of hydrogen-bond donors (Lipinski definition) is 3. The van der Waals surface area contributed by atoms with Crippen LogP contribution in [-0.2, 0) is 19.2 Å². The van der Waals surface area contributed by atoms with Crippen molar-refractivity contribution in [2.75, 3.05) is 18.0 Å². The zero-order valence-corrected chi connectivity index (χ0v) is 16.5. The maximum atomic E-state index is 11.9. The third kappa shape index (κ3) is 7.26. The fourth-order valence-electron chi connectivity index (χ4n) is 3.57. The minimum absolute atomic E-state index is 0.197. The van der Waals surface area contributed by atoms with E-state index in [1.54, 1.807) is 0 Å². The van der Waals surface area contributed by atoms with Crippen molar-refractivity contribution in [3.63, 3.8) is 0 Å². The molecular weight excluding hydrogens is 421 g/mol. The number of alkyl halides is 3. The summed E-state index contributed by atoms with van der Waals surface area (Å²) in [5.74, 6) is -3.88. The summed E-state index contributed by atoms with van der Waals surface area (Å²) < 4.78 is 31.7. The number of nitrogens with one attached hydrogen (secondary N) is 1. The molecule has 2 heterocycles. The predicted octanol–water partition coefficient (Wildman–Crippen LogP) is 2.53. The lowest BCUT2D eigenvalue weighted by molar-refractivity contribution is -0.192. The highest BCUT2D eigenvalue weighted by Gasteiger charge is 2.38. The molecule has 1 aromatic carbocycles. The molecule has 1 aromatic rings. The molecule has 0 aliphatic carbocycles. The number of hydrogen-bond acceptors (Lipinski definition) is 5. The van der Waals surface area contributed by atoms with Crippen molar-refractivity contribution < 1.29 is 42.6 Å². The summed E-state index contributed by atoms with van der Waals surface area (Å²) in [5.41, 5.74) is 2.03. The van der Waals surface area contributed by atoms with Gasteiger partial charge in [0.15, 0.2) is 0 Å². The fraction of sp³-hybridized carbons (Fsp3) is 0.500. The van der Waals surface area contributed by atoms with Crippen molar-refractivity contribution in [3.8, 4) is 0 Å². The summed E-state index contributed by atoms with van der Waals surface area (Å²) in [7, 11) is 0. The number of carboxylic acid groups (broad SMARTS) is 2. The van der Waals surface area contributed by atoms with Crippen LogP contribution in [0.25, 0.3) is 0 Å². The Morgan fingerprint density at radius 1 is 1.03 bits per heavy atom. The Morgan fingerprint density at radius 3 is 2.03 bits per heavy atom. The normalized spacial score (nSPS) is 19.8. The van der Waals surface area contributed by atoms with E-state index in [-0.39, 0.29) is 30.1 Å². The van der Waals surface area contributed by atoms with E-state index >= 15 is 0 Å². The Balaban J connectivity index is 0.000000423. The highest BCUT2D eigenvalue weighted by molar-refractivity contribution is 6.00. The molecular formula is C20H23F3N2O6. The number of aliphatic carboxylic acids is 2. The second-order valence-electron chi connectivity index (χ2n) is 7.43. The molecule has 8 nitrogen and oxygen atoms in total. The molecule has 170 valence electrons. The number of halogens is 3. The van der Waals surface area contributed by atoms with Gasteiger partial charge in [0.25, 0.3) is 0 Å². The molecule has 0 spiro atoms. The average Bonchev–Trinajstić information content (AvgIpc) is 2.68. The van der Waals surface area contributed by atoms with Gasteiger partial charge in [0, 0.05) is 31.6 Å². The van der Waals surface area contributed by atoms with Crippen LogP contribution in [0.2, 0.25) is 0 Å². The lowest BCUT2D eigenvalue weighted by atomic mass is 9.90. The lowest BCUT2D eigenvalue weighted by Crippen LogP contribution is -2.39. The number of carboxylic acids is 2. The number of amides is 2. The highest BCUT2D eigenvalue weighted by Crippen LogP contribution is 2.29. The van der Waals surface area contributed by atoms with E-state index in [1.807, 2.05) is 24.3 Å². The van der Waals surface area contributed by atoms with Gasteiger partial charge >= 0.3 is 18.1 Å². The first kappa shape index (κ1) is 24.2. The van der Waals surface area contributed by atoms with Crippen LogP contribution in [0, 0.1) is 5.92 Å². The van der Waals surface area contributed by atoms with Crippen LogP contribution in [0.3, 0.4) is 0 Å². The van der Waals surface area contributed by atoms with Gasteiger partial charge in [0.2, 0.25) is 11.8 Å². The zero-order valence-electron chi connectivity index (χ0n) is 16.5. The summed E-state index contributed by atoms with van der Waals surface area (Å²) in [6.45, 7) is 1.71. The van der Waals surface area contributed by atoms with Crippen molar-refractivity contribution >= 4 is 29.4 Å². The van der Waals surface area contributed by atoms with Crippen LogP contribution in [0.15, 0.2) is 24.3 Å². The number of carbonyl (C=O) groups is 4. The Kier molecular flexibility index (Phi) is 8.01. The SMILES string of the molecule is O=C(O)C(F)(F)F.O=C(O)CC1CCN(c2ccc(C3CCC(=O)NC3=O)cc2)CC1. The lowest BCUT2D eigenvalue weighted by Gasteiger charge is -2.33. The van der Waals surface area contributed by atoms with Crippen LogP contribution in [0.4, 0.5) is 18.9 Å². The molecule has 31 heavy (non-hydrogen) atoms. The molecule has 3 rings (SSSR count). The van der Waals surface area contributed by atoms with Crippen molar-refractivity contribution in [2.24, 2.45) is 5.92 Å². The molecule has 0 bridgehead atoms. The average molecular weight is 444 g/mol. The standard InChI is InChI=1S/C18H22N2O4.C2HF3O2/c21-16-6-5-15(18(24)19-16)13-1-3-14(4-2-13)20-9-7-12(8-10-20)11-17(22)23;3-2(4,5)1(6)7/h1-4,12,15H,5-11H2,(H,22,23)(H,19,21,24);(H,6,7). The summed E-state index contributed by atoms with van der Waals surface area (Å²) in [4.78, 5) is 45.1. The summed E-state index contributed by atoms with van der Waals surface area (Å²) >= 11 is 0. The summed E-state index contributed by atoms with van der Waals surface area (Å²) in [6, 6.07) is 7.94. The third-order valence-electron chi connectivity index (χ3n) is 5.22. The van der Waals surface area contributed by atoms with E-state index < -0.39 is 18.1 Å². The molecule has 0 saturated carbocycles. The Labute approximate surface area is 176 Å². The molecule has 0 radical (unpaired) electrons. The van der Waals surface area contributed by atoms with E-state index in [9.17, 15) is 27.6 Å². The van der Waals surface area contributed by atoms with Crippen molar-refractivity contribution in [1.29, 1.82) is 0 Å². The Hall–Kier alpha value is -3.11. The second kappa shape index (κ2) is 10.3. The van der Waals surface area contributed by atoms with Crippen molar-refractivity contribution in [1.82, 2.24) is 5.32 Å². The number of anilines is 1. The van der Waals surface area contributed by atoms with Gasteiger partial charge in [-0.3, -0.25) is 19.7 Å². The molecule has 3 N–H and O–H groups in total. The maximum absolute atomic E-state index is 11.9. The van der Waals surface area contributed by atoms with E-state index in [4.69, 9.17) is 15.0 Å². The van der Waals surface area contributed by atoms with Crippen LogP contribution in [0.1, 0.15) is 43.6 Å². The number of nitrogens with zero attached hydrogens (tertiary/aromatic N) is 1. The van der Waals surface area contributed by atoms with Crippen LogP contribution in [0.5, 0.6) is 0 Å². The largest absolute Gasteiger partial charge is 0.490 e. The van der Waals surface area contributed by atoms with Crippen LogP contribution >= 0.6 is 0 Å². The third-order valence-corrected chi connectivity index (χ3v) is 5.22. The van der Waals surface area contributed by atoms with Gasteiger partial charge in [-0.05, 0) is 42.9 Å². The van der Waals surface area contributed by atoms with Crippen molar-refractivity contribution in [2.45, 2.75) is 44.2 Å². The highest BCUT2D eigenvalue weighted by atomic mass is 19.4. The molecule has 0 aromatic heterocycles. The smallest absolute Gasteiger partial charge is 0.481 e. The molecule has 11 heteroatoms. The molecule has 2 aliphatic heterocycles. The fourth-order valence-corrected chi connectivity index (χ4v) is 3.57. The summed E-state index contributed by atoms with van der Waals surface area (Å²) in [5, 5.41) is 18.4. The van der Waals surface area contributed by atoms with E-state index in [1.165, 1.54) is 0 Å². The van der Waals surface area contributed by atoms with E-state index in [2.05, 4.69) is 10.2 Å². The number of carbonyl (C=O) groups excluding carboxylic acids is 2. The molecule has 1 unspecified atom stereocenters. The zero-order chi connectivity index (χ0) is 23.2. The van der Waals surface area contributed by atoms with E-state index in [0.717, 1.165) is 37.2 Å². The van der Waals surface area contributed by atoms with Gasteiger partial charge in [0.05, 0.1) is 5.92 Å². The molecule has 2 aliphatic rings. The Morgan fingerprint density at radius 2 is 1.58 bits per heavy atom. The number of rotatable bonds is 4. The molecule has 2 fully saturated rings. The molecule has 1 atom stereocenters. The van der Waals surface area contributed by atoms with Gasteiger partial charge < -0.3 is 15.1 Å². The quantitative estimate of drug-likeness (QED) is 0.610. The first-order valence-electron chi connectivity index (χ1n) is 9.68. The molecule has 2 saturated heterocycles. The summed E-state index contributed by atoms with van der Waals surface area (Å²) in [6.07, 6.45) is -2.11. The first-order valence-corrected chi connectivity index (χ1v) is 9.68. The van der Waals surface area contributed by atoms with Crippen molar-refractivity contribution in [3.05, 3.63) is 29.8 Å². The van der Waals surface area contributed by atoms with Gasteiger partial charge in [-0.25, -0.2) is 4.79 Å². The number of piperidine rings is 2. The minimum atomic E-state index is -5.08. The minimum Gasteiger partial charge on any atom is -0.481 e.